The van der Waals surface area contributed by atoms with Gasteiger partial charge in [-0.2, -0.15) is 8.78 Å². The quantitative estimate of drug-likeness (QED) is 0.0912. The van der Waals surface area contributed by atoms with Gasteiger partial charge in [-0.25, -0.2) is 30.7 Å². The highest BCUT2D eigenvalue weighted by atomic mass is 19.3. The Bertz CT molecular complexity index is 1830. The van der Waals surface area contributed by atoms with E-state index in [4.69, 9.17) is 0 Å². The normalized spacial score (nSPS) is 11.1. The molecule has 0 unspecified atom stereocenters. The maximum absolute atomic E-state index is 14.7. The number of aryl methyl sites for hydroxylation is 1. The smallest absolute Gasteiger partial charge is 0.429 e. The maximum Gasteiger partial charge on any atom is 0.432 e. The summed E-state index contributed by atoms with van der Waals surface area (Å²) in [6.07, 6.45) is -0.301. The van der Waals surface area contributed by atoms with Gasteiger partial charge in [0, 0.05) is 17.2 Å². The molecular weight excluding hydrogens is 595 g/mol. The number of halogens is 9. The number of benzene rings is 4. The summed E-state index contributed by atoms with van der Waals surface area (Å²) < 4.78 is 132. The van der Waals surface area contributed by atoms with E-state index < -0.39 is 58.1 Å². The summed E-state index contributed by atoms with van der Waals surface area (Å²) in [7, 11) is 0. The van der Waals surface area contributed by atoms with Gasteiger partial charge in [-0.15, -0.1) is 0 Å². The Hall–Kier alpha value is -5.09. The van der Waals surface area contributed by atoms with Gasteiger partial charge in [0.2, 0.25) is 0 Å². The maximum atomic E-state index is 14.7. The van der Waals surface area contributed by atoms with Crippen LogP contribution in [0.1, 0.15) is 46.7 Å². The molecule has 224 valence electrons. The fourth-order valence-electron chi connectivity index (χ4n) is 3.93. The molecule has 0 aliphatic carbocycles. The van der Waals surface area contributed by atoms with E-state index in [0.29, 0.717) is 24.6 Å². The third-order valence-electron chi connectivity index (χ3n) is 6.05. The lowest BCUT2D eigenvalue weighted by Crippen LogP contribution is -2.25. The number of rotatable bonds is 6. The third kappa shape index (κ3) is 7.64. The van der Waals surface area contributed by atoms with Crippen molar-refractivity contribution in [3.63, 3.8) is 0 Å². The van der Waals surface area contributed by atoms with Gasteiger partial charge in [0.1, 0.15) is 34.6 Å². The second-order valence-electron chi connectivity index (χ2n) is 9.25. The largest absolute Gasteiger partial charge is 0.432 e. The summed E-state index contributed by atoms with van der Waals surface area (Å²) in [6, 6.07) is 8.80. The molecule has 0 spiro atoms. The van der Waals surface area contributed by atoms with Crippen LogP contribution in [0.5, 0.6) is 5.75 Å². The molecule has 1 nitrogen and oxygen atoms in total. The van der Waals surface area contributed by atoms with Crippen LogP contribution in [0.15, 0.2) is 72.8 Å². The zero-order chi connectivity index (χ0) is 32.0. The number of allylic oxidation sites excluding steroid dienone is 2. The average Bonchev–Trinajstić information content (AvgIpc) is 2.94. The molecule has 0 radical (unpaired) electrons. The van der Waals surface area contributed by atoms with Crippen LogP contribution in [-0.2, 0) is 12.5 Å². The summed E-state index contributed by atoms with van der Waals surface area (Å²) in [5.41, 5.74) is -2.07. The predicted molar refractivity (Wildman–Crippen MR) is 145 cm³/mol. The van der Waals surface area contributed by atoms with Crippen LogP contribution in [0.4, 0.5) is 39.5 Å². The lowest BCUT2D eigenvalue weighted by molar-refractivity contribution is -0.189. The molecule has 0 saturated heterocycles. The van der Waals surface area contributed by atoms with Crippen LogP contribution in [-0.4, -0.2) is 0 Å². The van der Waals surface area contributed by atoms with Gasteiger partial charge < -0.3 is 4.74 Å². The minimum Gasteiger partial charge on any atom is -0.429 e. The van der Waals surface area contributed by atoms with Gasteiger partial charge in [-0.05, 0) is 79.9 Å². The summed E-state index contributed by atoms with van der Waals surface area (Å²) in [5.74, 6) is -0.755. The first-order valence-corrected chi connectivity index (χ1v) is 12.8. The molecule has 0 bridgehead atoms. The van der Waals surface area contributed by atoms with E-state index in [1.165, 1.54) is 12.1 Å². The molecule has 0 atom stereocenters. The molecule has 0 aliphatic rings. The molecular formula is C34H19F9O. The van der Waals surface area contributed by atoms with E-state index in [9.17, 15) is 39.5 Å². The zero-order valence-corrected chi connectivity index (χ0v) is 22.7. The van der Waals surface area contributed by atoms with Crippen molar-refractivity contribution in [1.29, 1.82) is 0 Å². The van der Waals surface area contributed by atoms with Crippen molar-refractivity contribution in [2.45, 2.75) is 25.9 Å². The van der Waals surface area contributed by atoms with Crippen LogP contribution >= 0.6 is 0 Å². The van der Waals surface area contributed by atoms with Gasteiger partial charge in [-0.1, -0.05) is 35.8 Å². The molecule has 0 aromatic heterocycles. The van der Waals surface area contributed by atoms with E-state index in [-0.39, 0.29) is 34.2 Å². The second kappa shape index (κ2) is 13.5. The van der Waals surface area contributed by atoms with E-state index in [1.807, 2.05) is 0 Å². The molecule has 44 heavy (non-hydrogen) atoms. The fourth-order valence-corrected chi connectivity index (χ4v) is 3.93. The molecule has 0 N–H and O–H groups in total. The van der Waals surface area contributed by atoms with Crippen LogP contribution in [0, 0.1) is 64.4 Å². The Labute approximate surface area is 246 Å². The van der Waals surface area contributed by atoms with E-state index in [1.54, 1.807) is 19.1 Å². The summed E-state index contributed by atoms with van der Waals surface area (Å²) in [6.45, 7) is 1.76. The molecule has 0 amide bonds. The monoisotopic (exact) mass is 614 g/mol. The number of hydrogen-bond donors (Lipinski definition) is 0. The van der Waals surface area contributed by atoms with Crippen molar-refractivity contribution in [3.05, 3.63) is 147 Å². The lowest BCUT2D eigenvalue weighted by atomic mass is 10.0. The molecule has 4 aromatic rings. The standard InChI is InChI=1S/C34H19F9O/c1-2-3-4-5-21-15-28(37)32(29(38)16-21)34(42,43)44-25-13-12-24(27(36)19-25)10-7-20-6-9-23(26(35)14-20)11-8-22-17-30(39)33(41)31(40)18-22/h2-3,6,9,12-19H,4-5H2,1H3/b3-2+. The number of hydrogen-bond acceptors (Lipinski definition) is 1. The Morgan fingerprint density at radius 3 is 1.75 bits per heavy atom. The third-order valence-corrected chi connectivity index (χ3v) is 6.05. The summed E-state index contributed by atoms with van der Waals surface area (Å²) >= 11 is 0. The Morgan fingerprint density at radius 1 is 0.636 bits per heavy atom. The number of ether oxygens (including phenoxy) is 1. The second-order valence-corrected chi connectivity index (χ2v) is 9.25. The first kappa shape index (κ1) is 31.8. The molecule has 0 aliphatic heterocycles. The topological polar surface area (TPSA) is 9.23 Å². The lowest BCUT2D eigenvalue weighted by Gasteiger charge is -2.20. The van der Waals surface area contributed by atoms with Crippen molar-refractivity contribution in [3.8, 4) is 29.4 Å². The van der Waals surface area contributed by atoms with Crippen LogP contribution in [0.25, 0.3) is 0 Å². The Balaban J connectivity index is 1.49. The Morgan fingerprint density at radius 2 is 1.18 bits per heavy atom. The van der Waals surface area contributed by atoms with Crippen LogP contribution in [0.2, 0.25) is 0 Å². The fraction of sp³-hybridized carbons (Fsp3) is 0.118. The molecule has 4 rings (SSSR count). The SMILES string of the molecule is C/C=C/CCc1cc(F)c(C(F)(F)Oc2ccc(C#Cc3ccc(C#Cc4cc(F)c(F)c(F)c4)c(F)c3)c(F)c2)c(F)c1. The predicted octanol–water partition coefficient (Wildman–Crippen LogP) is 9.10. The summed E-state index contributed by atoms with van der Waals surface area (Å²) in [5, 5.41) is 0. The van der Waals surface area contributed by atoms with Crippen molar-refractivity contribution in [2.75, 3.05) is 0 Å². The van der Waals surface area contributed by atoms with Gasteiger partial charge >= 0.3 is 6.11 Å². The minimum absolute atomic E-state index is 0.0679. The van der Waals surface area contributed by atoms with Crippen molar-refractivity contribution < 1.29 is 44.3 Å². The Kier molecular flexibility index (Phi) is 9.75. The van der Waals surface area contributed by atoms with Crippen molar-refractivity contribution >= 4 is 0 Å². The highest BCUT2D eigenvalue weighted by Gasteiger charge is 2.41. The molecule has 4 aromatic carbocycles. The summed E-state index contributed by atoms with van der Waals surface area (Å²) in [4.78, 5) is 0. The highest BCUT2D eigenvalue weighted by molar-refractivity contribution is 5.49. The van der Waals surface area contributed by atoms with E-state index in [0.717, 1.165) is 30.3 Å². The van der Waals surface area contributed by atoms with Gasteiger partial charge in [0.15, 0.2) is 17.5 Å². The number of alkyl halides is 2. The zero-order valence-electron chi connectivity index (χ0n) is 22.7. The average molecular weight is 615 g/mol. The first-order chi connectivity index (χ1) is 20.9. The van der Waals surface area contributed by atoms with Gasteiger partial charge in [-0.3, -0.25) is 0 Å². The van der Waals surface area contributed by atoms with Crippen LogP contribution < -0.4 is 4.74 Å². The van der Waals surface area contributed by atoms with E-state index >= 15 is 0 Å². The van der Waals surface area contributed by atoms with Crippen molar-refractivity contribution in [1.82, 2.24) is 0 Å². The molecule has 0 saturated carbocycles. The minimum atomic E-state index is -4.48. The van der Waals surface area contributed by atoms with Crippen LogP contribution in [0.3, 0.4) is 0 Å². The molecule has 0 heterocycles. The van der Waals surface area contributed by atoms with Gasteiger partial charge in [0.25, 0.3) is 0 Å². The molecule has 10 heteroatoms. The van der Waals surface area contributed by atoms with Crippen molar-refractivity contribution in [2.24, 2.45) is 0 Å². The molecule has 0 fully saturated rings. The van der Waals surface area contributed by atoms with Gasteiger partial charge in [0.05, 0.1) is 11.1 Å². The first-order valence-electron chi connectivity index (χ1n) is 12.8. The highest BCUT2D eigenvalue weighted by Crippen LogP contribution is 2.36. The van der Waals surface area contributed by atoms with E-state index in [2.05, 4.69) is 28.4 Å².